The Morgan fingerprint density at radius 3 is 2.47 bits per heavy atom. The smallest absolute Gasteiger partial charge is 0.271 e. The summed E-state index contributed by atoms with van der Waals surface area (Å²) >= 11 is 0. The molecule has 226 valence electrons. The Hall–Kier alpha value is -3.98. The molecule has 0 unspecified atom stereocenters. The molecule has 2 heterocycles. The topological polar surface area (TPSA) is 84.2 Å². The molecule has 0 spiro atoms. The molecule has 1 aliphatic rings. The average Bonchev–Trinajstić information content (AvgIpc) is 3.32. The number of hydrogen-bond acceptors (Lipinski definition) is 5. The number of aromatic nitrogens is 1. The van der Waals surface area contributed by atoms with E-state index < -0.39 is 18.2 Å². The number of nitrogens with zero attached hydrogens (tertiary/aromatic N) is 3. The Balaban J connectivity index is 1.55. The minimum atomic E-state index is -0.736. The Morgan fingerprint density at radius 1 is 1.07 bits per heavy atom. The van der Waals surface area contributed by atoms with Gasteiger partial charge in [0.2, 0.25) is 0 Å². The molecule has 1 aromatic heterocycles. The fourth-order valence-corrected chi connectivity index (χ4v) is 6.09. The van der Waals surface area contributed by atoms with Crippen molar-refractivity contribution < 1.29 is 24.2 Å². The van der Waals surface area contributed by atoms with Crippen LogP contribution in [0, 0.1) is 5.92 Å². The van der Waals surface area contributed by atoms with Crippen LogP contribution in [0.2, 0.25) is 0 Å². The number of amides is 2. The summed E-state index contributed by atoms with van der Waals surface area (Å²) in [4.78, 5) is 31.5. The number of hydrogen-bond donors (Lipinski definition) is 1. The van der Waals surface area contributed by atoms with Gasteiger partial charge in [0.25, 0.3) is 11.8 Å². The molecule has 0 saturated carbocycles. The van der Waals surface area contributed by atoms with Gasteiger partial charge in [0.15, 0.2) is 6.10 Å². The standard InChI is InChI=1S/C35H41N3O5/c1-23-19-38(24(2)21-39)34(40)32-31(28-17-11-12-18-29(28)37(32)4)27-16-10-9-15-26(27)22-43-30(23)20-36(3)35(41)33(42-5)25-13-7-6-8-14-25/h6-18,23-24,30,33,39H,19-22H2,1-5H3/t23-,24-,30-,33+/m0/s1. The lowest BCUT2D eigenvalue weighted by molar-refractivity contribution is -0.143. The summed E-state index contributed by atoms with van der Waals surface area (Å²) in [5.74, 6) is -0.477. The SMILES string of the molecule is CO[C@@H](C(=O)N(C)C[C@@H]1OCc2ccccc2-c2c(n(C)c3ccccc23)C(=O)N([C@@H](C)CO)C[C@@H]1C)c1ccccc1. The number of methoxy groups -OCH3 is 1. The Labute approximate surface area is 253 Å². The second kappa shape index (κ2) is 13.1. The molecule has 5 rings (SSSR count). The number of fused-ring (bicyclic) bond motifs is 5. The summed E-state index contributed by atoms with van der Waals surface area (Å²) < 4.78 is 14.2. The summed E-state index contributed by atoms with van der Waals surface area (Å²) in [6, 6.07) is 25.1. The highest BCUT2D eigenvalue weighted by molar-refractivity contribution is 6.10. The van der Waals surface area contributed by atoms with Crippen LogP contribution >= 0.6 is 0 Å². The zero-order chi connectivity index (χ0) is 30.7. The molecule has 0 fully saturated rings. The van der Waals surface area contributed by atoms with Gasteiger partial charge in [-0.2, -0.15) is 0 Å². The van der Waals surface area contributed by atoms with Crippen LogP contribution in [0.3, 0.4) is 0 Å². The van der Waals surface area contributed by atoms with Gasteiger partial charge in [0, 0.05) is 56.7 Å². The van der Waals surface area contributed by atoms with Gasteiger partial charge in [-0.1, -0.05) is 79.7 Å². The normalized spacial score (nSPS) is 18.8. The third kappa shape index (κ3) is 5.95. The maximum absolute atomic E-state index is 14.5. The summed E-state index contributed by atoms with van der Waals surface area (Å²) in [7, 11) is 5.21. The van der Waals surface area contributed by atoms with E-state index in [2.05, 4.69) is 0 Å². The minimum Gasteiger partial charge on any atom is -0.394 e. The van der Waals surface area contributed by atoms with Crippen molar-refractivity contribution in [1.82, 2.24) is 14.4 Å². The predicted octanol–water partition coefficient (Wildman–Crippen LogP) is 5.05. The first-order chi connectivity index (χ1) is 20.8. The summed E-state index contributed by atoms with van der Waals surface area (Å²) in [6.45, 7) is 4.67. The van der Waals surface area contributed by atoms with Crippen LogP contribution in [0.15, 0.2) is 78.9 Å². The van der Waals surface area contributed by atoms with E-state index in [-0.39, 0.29) is 24.3 Å². The molecule has 0 bridgehead atoms. The largest absolute Gasteiger partial charge is 0.394 e. The van der Waals surface area contributed by atoms with Gasteiger partial charge in [0.05, 0.1) is 25.4 Å². The predicted molar refractivity (Wildman–Crippen MR) is 168 cm³/mol. The number of aliphatic hydroxyl groups excluding tert-OH is 1. The number of aliphatic hydroxyl groups is 1. The molecule has 1 aliphatic heterocycles. The quantitative estimate of drug-likeness (QED) is 0.329. The summed E-state index contributed by atoms with van der Waals surface area (Å²) in [5.41, 5.74) is 5.08. The average molecular weight is 584 g/mol. The number of likely N-dealkylation sites (N-methyl/N-ethyl adjacent to an activating group) is 1. The van der Waals surface area contributed by atoms with Crippen LogP contribution in [0.5, 0.6) is 0 Å². The Morgan fingerprint density at radius 2 is 1.74 bits per heavy atom. The van der Waals surface area contributed by atoms with E-state index in [1.54, 1.807) is 16.8 Å². The third-order valence-corrected chi connectivity index (χ3v) is 8.62. The van der Waals surface area contributed by atoms with Gasteiger partial charge >= 0.3 is 0 Å². The number of carbonyl (C=O) groups is 2. The minimum absolute atomic E-state index is 0.148. The fraction of sp³-hybridized carbons (Fsp3) is 0.371. The summed E-state index contributed by atoms with van der Waals surface area (Å²) in [6.07, 6.45) is -1.13. The fourth-order valence-electron chi connectivity index (χ4n) is 6.09. The van der Waals surface area contributed by atoms with E-state index in [0.29, 0.717) is 25.4 Å². The molecular weight excluding hydrogens is 542 g/mol. The number of ether oxygens (including phenoxy) is 2. The van der Waals surface area contributed by atoms with Crippen LogP contribution in [0.25, 0.3) is 22.0 Å². The van der Waals surface area contributed by atoms with Crippen molar-refractivity contribution >= 4 is 22.7 Å². The van der Waals surface area contributed by atoms with Crippen LogP contribution in [-0.4, -0.2) is 77.3 Å². The van der Waals surface area contributed by atoms with E-state index in [1.807, 2.05) is 104 Å². The monoisotopic (exact) mass is 583 g/mol. The Bertz CT molecular complexity index is 1580. The highest BCUT2D eigenvalue weighted by atomic mass is 16.5. The van der Waals surface area contributed by atoms with Crippen LogP contribution in [-0.2, 0) is 27.9 Å². The lowest BCUT2D eigenvalue weighted by atomic mass is 9.96. The van der Waals surface area contributed by atoms with Crippen molar-refractivity contribution in [3.63, 3.8) is 0 Å². The van der Waals surface area contributed by atoms with Crippen molar-refractivity contribution in [1.29, 1.82) is 0 Å². The number of rotatable bonds is 7. The van der Waals surface area contributed by atoms with Crippen LogP contribution in [0.1, 0.15) is 41.6 Å². The second-order valence-electron chi connectivity index (χ2n) is 11.5. The molecule has 0 saturated heterocycles. The van der Waals surface area contributed by atoms with E-state index in [0.717, 1.165) is 33.2 Å². The maximum atomic E-state index is 14.5. The van der Waals surface area contributed by atoms with Gasteiger partial charge in [-0.3, -0.25) is 9.59 Å². The van der Waals surface area contributed by atoms with E-state index in [1.165, 1.54) is 7.11 Å². The van der Waals surface area contributed by atoms with Crippen LogP contribution in [0.4, 0.5) is 0 Å². The first-order valence-electron chi connectivity index (χ1n) is 14.8. The zero-order valence-corrected chi connectivity index (χ0v) is 25.6. The van der Waals surface area contributed by atoms with Crippen molar-refractivity contribution in [2.75, 3.05) is 33.9 Å². The number of para-hydroxylation sites is 1. The molecule has 8 heteroatoms. The van der Waals surface area contributed by atoms with Crippen molar-refractivity contribution in [2.24, 2.45) is 13.0 Å². The zero-order valence-electron chi connectivity index (χ0n) is 25.6. The van der Waals surface area contributed by atoms with E-state index >= 15 is 0 Å². The van der Waals surface area contributed by atoms with Gasteiger partial charge in [-0.05, 0) is 29.7 Å². The molecule has 0 aliphatic carbocycles. The number of benzene rings is 3. The third-order valence-electron chi connectivity index (χ3n) is 8.62. The first kappa shape index (κ1) is 30.5. The number of aryl methyl sites for hydroxylation is 1. The second-order valence-corrected chi connectivity index (χ2v) is 11.5. The van der Waals surface area contributed by atoms with Crippen molar-refractivity contribution in [3.05, 3.63) is 95.7 Å². The molecule has 2 amide bonds. The Kier molecular flexibility index (Phi) is 9.30. The van der Waals surface area contributed by atoms with Gasteiger partial charge in [0.1, 0.15) is 5.69 Å². The first-order valence-corrected chi connectivity index (χ1v) is 14.8. The number of carbonyl (C=O) groups excluding carboxylic acids is 2. The molecule has 8 nitrogen and oxygen atoms in total. The van der Waals surface area contributed by atoms with Crippen molar-refractivity contribution in [3.8, 4) is 11.1 Å². The van der Waals surface area contributed by atoms with E-state index in [4.69, 9.17) is 9.47 Å². The lowest BCUT2D eigenvalue weighted by Crippen LogP contribution is -2.48. The van der Waals surface area contributed by atoms with Gasteiger partial charge in [-0.15, -0.1) is 0 Å². The van der Waals surface area contributed by atoms with Crippen LogP contribution < -0.4 is 0 Å². The molecule has 3 aromatic carbocycles. The molecule has 0 radical (unpaired) electrons. The highest BCUT2D eigenvalue weighted by Crippen LogP contribution is 2.38. The highest BCUT2D eigenvalue weighted by Gasteiger charge is 2.34. The summed E-state index contributed by atoms with van der Waals surface area (Å²) in [5, 5.41) is 11.2. The molecule has 4 aromatic rings. The molecular formula is C35H41N3O5. The van der Waals surface area contributed by atoms with Gasteiger partial charge < -0.3 is 28.9 Å². The van der Waals surface area contributed by atoms with Gasteiger partial charge in [-0.25, -0.2) is 0 Å². The van der Waals surface area contributed by atoms with Crippen molar-refractivity contribution in [2.45, 2.75) is 38.7 Å². The lowest BCUT2D eigenvalue weighted by Gasteiger charge is -2.35. The molecule has 1 N–H and O–H groups in total. The maximum Gasteiger partial charge on any atom is 0.271 e. The van der Waals surface area contributed by atoms with E-state index in [9.17, 15) is 14.7 Å². The molecule has 43 heavy (non-hydrogen) atoms. The molecule has 4 atom stereocenters.